The van der Waals surface area contributed by atoms with Gasteiger partial charge in [0.15, 0.2) is 17.5 Å². The summed E-state index contributed by atoms with van der Waals surface area (Å²) in [4.78, 5) is 16.0. The van der Waals surface area contributed by atoms with E-state index >= 15 is 0 Å². The van der Waals surface area contributed by atoms with E-state index in [1.165, 1.54) is 68.9 Å². The third kappa shape index (κ3) is 5.48. The van der Waals surface area contributed by atoms with E-state index in [1.54, 1.807) is 0 Å². The molecule has 0 aliphatic carbocycles. The first-order valence-electron chi connectivity index (χ1n) is 21.9. The predicted octanol–water partition coefficient (Wildman–Crippen LogP) is 15.7. The van der Waals surface area contributed by atoms with Gasteiger partial charge in [0, 0.05) is 64.8 Å². The van der Waals surface area contributed by atoms with Crippen LogP contribution in [0.1, 0.15) is 0 Å². The summed E-state index contributed by atoms with van der Waals surface area (Å²) < 4.78 is 7.25. The van der Waals surface area contributed by atoms with Crippen LogP contribution in [0.2, 0.25) is 0 Å². The minimum absolute atomic E-state index is 0.623. The molecule has 4 heterocycles. The number of rotatable bonds is 5. The van der Waals surface area contributed by atoms with E-state index in [9.17, 15) is 0 Å². The Kier molecular flexibility index (Phi) is 7.79. The Bertz CT molecular complexity index is 4240. The molecule has 14 aromatic rings. The van der Waals surface area contributed by atoms with Gasteiger partial charge in [-0.15, -0.1) is 11.3 Å². The summed E-state index contributed by atoms with van der Waals surface area (Å²) in [6.07, 6.45) is 0. The standard InChI is InChI=1S/C59H35N5S/c1-3-16-37(17-4-1)57-60-58(40-28-29-44-43-23-11-13-25-49(43)63(51(44)35-40)41-20-5-2-6-21-41)62-59(61-57)47-31-32-50(56-54(47)46-24-12-14-26-53(46)65-56)64-52-34-39-19-8-7-18-38(39)33-48(52)45-30-27-36-15-9-10-22-42(36)55(45)64/h1-35H. The molecule has 0 N–H and O–H groups in total. The first-order chi connectivity index (χ1) is 32.2. The average Bonchev–Trinajstić information content (AvgIpc) is 4.04. The molecule has 0 spiro atoms. The predicted molar refractivity (Wildman–Crippen MR) is 273 cm³/mol. The minimum Gasteiger partial charge on any atom is -0.309 e. The van der Waals surface area contributed by atoms with Gasteiger partial charge in [-0.2, -0.15) is 0 Å². The third-order valence-corrected chi connectivity index (χ3v) is 14.3. The van der Waals surface area contributed by atoms with E-state index in [0.717, 1.165) is 44.5 Å². The summed E-state index contributed by atoms with van der Waals surface area (Å²) in [7, 11) is 0. The molecule has 0 aliphatic heterocycles. The van der Waals surface area contributed by atoms with Gasteiger partial charge in [-0.25, -0.2) is 15.0 Å². The zero-order valence-electron chi connectivity index (χ0n) is 34.9. The van der Waals surface area contributed by atoms with Crippen molar-refractivity contribution >= 4 is 96.7 Å². The summed E-state index contributed by atoms with van der Waals surface area (Å²) in [5.41, 5.74) is 9.70. The van der Waals surface area contributed by atoms with E-state index in [0.29, 0.717) is 17.5 Å². The van der Waals surface area contributed by atoms with Crippen molar-refractivity contribution in [3.8, 4) is 45.5 Å². The molecule has 4 aromatic heterocycles. The molecule has 65 heavy (non-hydrogen) atoms. The summed E-state index contributed by atoms with van der Waals surface area (Å²) in [5.74, 6) is 1.89. The largest absolute Gasteiger partial charge is 0.309 e. The first-order valence-corrected chi connectivity index (χ1v) is 22.8. The van der Waals surface area contributed by atoms with Crippen molar-refractivity contribution in [2.45, 2.75) is 0 Å². The summed E-state index contributed by atoms with van der Waals surface area (Å²) in [6, 6.07) is 76.1. The molecule has 302 valence electrons. The van der Waals surface area contributed by atoms with Crippen LogP contribution in [0.5, 0.6) is 0 Å². The van der Waals surface area contributed by atoms with Crippen LogP contribution in [0.4, 0.5) is 0 Å². The first kappa shape index (κ1) is 36.1. The van der Waals surface area contributed by atoms with Crippen LogP contribution in [-0.2, 0) is 0 Å². The maximum atomic E-state index is 5.43. The Morgan fingerprint density at radius 1 is 0.354 bits per heavy atom. The fourth-order valence-electron chi connectivity index (χ4n) is 10.2. The molecule has 10 aromatic carbocycles. The summed E-state index contributed by atoms with van der Waals surface area (Å²) in [6.45, 7) is 0. The Labute approximate surface area is 376 Å². The van der Waals surface area contributed by atoms with Gasteiger partial charge in [0.05, 0.1) is 32.5 Å². The lowest BCUT2D eigenvalue weighted by Crippen LogP contribution is -2.01. The minimum atomic E-state index is 0.623. The molecule has 0 radical (unpaired) electrons. The molecule has 5 nitrogen and oxygen atoms in total. The van der Waals surface area contributed by atoms with Crippen molar-refractivity contribution in [1.82, 2.24) is 24.1 Å². The van der Waals surface area contributed by atoms with Gasteiger partial charge in [-0.3, -0.25) is 0 Å². The average molecular weight is 846 g/mol. The third-order valence-electron chi connectivity index (χ3n) is 13.1. The van der Waals surface area contributed by atoms with E-state index in [-0.39, 0.29) is 0 Å². The topological polar surface area (TPSA) is 48.5 Å². The number of aromatic nitrogens is 5. The van der Waals surface area contributed by atoms with Crippen molar-refractivity contribution in [1.29, 1.82) is 0 Å². The van der Waals surface area contributed by atoms with E-state index in [1.807, 2.05) is 29.5 Å². The Morgan fingerprint density at radius 3 is 1.80 bits per heavy atom. The number of thiophene rings is 1. The second-order valence-corrected chi connectivity index (χ2v) is 17.8. The smallest absolute Gasteiger partial charge is 0.164 e. The molecular weight excluding hydrogens is 811 g/mol. The van der Waals surface area contributed by atoms with Crippen molar-refractivity contribution in [3.63, 3.8) is 0 Å². The van der Waals surface area contributed by atoms with E-state index < -0.39 is 0 Å². The van der Waals surface area contributed by atoms with Crippen LogP contribution >= 0.6 is 11.3 Å². The second kappa shape index (κ2) is 14.0. The molecule has 0 aliphatic rings. The molecule has 0 amide bonds. The van der Waals surface area contributed by atoms with Crippen LogP contribution in [0.15, 0.2) is 212 Å². The molecule has 0 atom stereocenters. The van der Waals surface area contributed by atoms with Crippen molar-refractivity contribution in [2.75, 3.05) is 0 Å². The lowest BCUT2D eigenvalue weighted by molar-refractivity contribution is 1.08. The van der Waals surface area contributed by atoms with Crippen LogP contribution < -0.4 is 0 Å². The number of benzene rings is 10. The van der Waals surface area contributed by atoms with Gasteiger partial charge < -0.3 is 9.13 Å². The highest BCUT2D eigenvalue weighted by Gasteiger charge is 2.23. The molecule has 0 saturated heterocycles. The Balaban J connectivity index is 1.05. The van der Waals surface area contributed by atoms with Crippen molar-refractivity contribution in [2.24, 2.45) is 0 Å². The lowest BCUT2D eigenvalue weighted by Gasteiger charge is -2.14. The van der Waals surface area contributed by atoms with Gasteiger partial charge in [0.25, 0.3) is 0 Å². The molecule has 0 unspecified atom stereocenters. The van der Waals surface area contributed by atoms with Crippen LogP contribution in [0.25, 0.3) is 131 Å². The van der Waals surface area contributed by atoms with Gasteiger partial charge in [-0.1, -0.05) is 158 Å². The molecule has 0 saturated carbocycles. The SMILES string of the molecule is c1ccc(-c2nc(-c3ccc4c5ccccc5n(-c5ccccc5)c4c3)nc(-c3ccc(-n4c5cc6ccccc6cc5c5ccc6ccccc6c54)c4sc5ccccc5c34)n2)cc1. The van der Waals surface area contributed by atoms with Gasteiger partial charge in [0.1, 0.15) is 0 Å². The number of para-hydroxylation sites is 2. The number of fused-ring (bicyclic) bond motifs is 12. The second-order valence-electron chi connectivity index (χ2n) is 16.8. The van der Waals surface area contributed by atoms with Crippen molar-refractivity contribution < 1.29 is 0 Å². The number of hydrogen-bond acceptors (Lipinski definition) is 4. The Morgan fingerprint density at radius 2 is 0.969 bits per heavy atom. The van der Waals surface area contributed by atoms with Crippen LogP contribution in [0.3, 0.4) is 0 Å². The quantitative estimate of drug-likeness (QED) is 0.173. The number of nitrogens with zero attached hydrogens (tertiary/aromatic N) is 5. The lowest BCUT2D eigenvalue weighted by atomic mass is 10.0. The zero-order valence-corrected chi connectivity index (χ0v) is 35.7. The molecule has 14 rings (SSSR count). The maximum Gasteiger partial charge on any atom is 0.164 e. The Hall–Kier alpha value is -8.45. The van der Waals surface area contributed by atoms with Gasteiger partial charge >= 0.3 is 0 Å². The highest BCUT2D eigenvalue weighted by molar-refractivity contribution is 7.26. The fourth-order valence-corrected chi connectivity index (χ4v) is 11.4. The van der Waals surface area contributed by atoms with Crippen molar-refractivity contribution in [3.05, 3.63) is 212 Å². The van der Waals surface area contributed by atoms with Crippen LogP contribution in [0, 0.1) is 0 Å². The fraction of sp³-hybridized carbons (Fsp3) is 0. The van der Waals surface area contributed by atoms with Crippen LogP contribution in [-0.4, -0.2) is 24.1 Å². The molecule has 0 fully saturated rings. The monoisotopic (exact) mass is 845 g/mol. The molecule has 0 bridgehead atoms. The summed E-state index contributed by atoms with van der Waals surface area (Å²) >= 11 is 1.83. The summed E-state index contributed by atoms with van der Waals surface area (Å²) in [5, 5.41) is 12.1. The molecular formula is C59H35N5S. The van der Waals surface area contributed by atoms with Gasteiger partial charge in [-0.05, 0) is 70.8 Å². The highest BCUT2D eigenvalue weighted by atomic mass is 32.1. The van der Waals surface area contributed by atoms with Gasteiger partial charge in [0.2, 0.25) is 0 Å². The number of hydrogen-bond donors (Lipinski definition) is 0. The van der Waals surface area contributed by atoms with E-state index in [4.69, 9.17) is 15.0 Å². The maximum absolute atomic E-state index is 5.43. The normalized spacial score (nSPS) is 12.0. The molecule has 6 heteroatoms. The zero-order chi connectivity index (χ0) is 42.6. The highest BCUT2D eigenvalue weighted by Crippen LogP contribution is 2.46. The van der Waals surface area contributed by atoms with E-state index in [2.05, 4.69) is 203 Å².